The molecular formula is C25H50NO2+. The van der Waals surface area contributed by atoms with Crippen LogP contribution in [0.15, 0.2) is 11.6 Å². The lowest BCUT2D eigenvalue weighted by atomic mass is 9.91. The number of likely N-dealkylation sites (N-methyl/N-ethyl adjacent to an activating group) is 1. The minimum absolute atomic E-state index is 0.189. The number of rotatable bonds is 16. The summed E-state index contributed by atoms with van der Waals surface area (Å²) in [7, 11) is 6.30. The fourth-order valence-electron chi connectivity index (χ4n) is 3.44. The van der Waals surface area contributed by atoms with E-state index in [-0.39, 0.29) is 5.97 Å². The predicted octanol–water partition coefficient (Wildman–Crippen LogP) is 6.62. The lowest BCUT2D eigenvalue weighted by Gasteiger charge is -2.23. The van der Waals surface area contributed by atoms with E-state index >= 15 is 0 Å². The smallest absolute Gasteiger partial charge is 0.330 e. The quantitative estimate of drug-likeness (QED) is 0.166. The van der Waals surface area contributed by atoms with Crippen LogP contribution in [-0.2, 0) is 9.53 Å². The van der Waals surface area contributed by atoms with Gasteiger partial charge in [0.05, 0.1) is 21.1 Å². The molecule has 0 bridgehead atoms. The van der Waals surface area contributed by atoms with Crippen molar-refractivity contribution in [2.45, 2.75) is 92.4 Å². The van der Waals surface area contributed by atoms with E-state index in [2.05, 4.69) is 48.8 Å². The molecule has 0 aliphatic carbocycles. The van der Waals surface area contributed by atoms with Crippen LogP contribution in [0.1, 0.15) is 92.4 Å². The van der Waals surface area contributed by atoms with E-state index in [0.717, 1.165) is 40.8 Å². The largest absolute Gasteiger partial charge is 0.457 e. The topological polar surface area (TPSA) is 26.3 Å². The average molecular weight is 397 g/mol. The Morgan fingerprint density at radius 1 is 0.857 bits per heavy atom. The number of allylic oxidation sites excluding steroid dienone is 1. The van der Waals surface area contributed by atoms with Gasteiger partial charge in [0.1, 0.15) is 13.2 Å². The van der Waals surface area contributed by atoms with Gasteiger partial charge in [0.2, 0.25) is 0 Å². The van der Waals surface area contributed by atoms with Gasteiger partial charge >= 0.3 is 5.97 Å². The molecule has 0 heterocycles. The van der Waals surface area contributed by atoms with Crippen LogP contribution in [0, 0.1) is 17.8 Å². The van der Waals surface area contributed by atoms with Crippen molar-refractivity contribution < 1.29 is 14.0 Å². The summed E-state index contributed by atoms with van der Waals surface area (Å²) in [6.07, 6.45) is 13.3. The molecule has 3 heteroatoms. The van der Waals surface area contributed by atoms with Crippen molar-refractivity contribution in [3.63, 3.8) is 0 Å². The zero-order valence-corrected chi connectivity index (χ0v) is 20.4. The van der Waals surface area contributed by atoms with E-state index in [0.29, 0.717) is 6.61 Å². The molecule has 2 atom stereocenters. The first-order valence-corrected chi connectivity index (χ1v) is 11.6. The number of hydrogen-bond donors (Lipinski definition) is 0. The summed E-state index contributed by atoms with van der Waals surface area (Å²) in [6.45, 7) is 12.8. The van der Waals surface area contributed by atoms with Gasteiger partial charge in [0.25, 0.3) is 0 Å². The molecule has 28 heavy (non-hydrogen) atoms. The second-order valence-corrected chi connectivity index (χ2v) is 10.5. The van der Waals surface area contributed by atoms with Crippen molar-refractivity contribution in [1.82, 2.24) is 0 Å². The first-order chi connectivity index (χ1) is 13.0. The number of nitrogens with zero attached hydrogens (tertiary/aromatic N) is 1. The zero-order chi connectivity index (χ0) is 21.6. The molecule has 0 aromatic heterocycles. The van der Waals surface area contributed by atoms with Gasteiger partial charge in [-0.05, 0) is 37.5 Å². The van der Waals surface area contributed by atoms with Crippen LogP contribution in [0.5, 0.6) is 0 Å². The summed E-state index contributed by atoms with van der Waals surface area (Å²) in [5.74, 6) is 2.31. The van der Waals surface area contributed by atoms with E-state index < -0.39 is 0 Å². The normalized spacial score (nSPS) is 15.0. The van der Waals surface area contributed by atoms with Gasteiger partial charge in [-0.25, -0.2) is 4.79 Å². The van der Waals surface area contributed by atoms with Crippen molar-refractivity contribution in [2.24, 2.45) is 17.8 Å². The summed E-state index contributed by atoms with van der Waals surface area (Å²) in [6, 6.07) is 0. The van der Waals surface area contributed by atoms with Crippen molar-refractivity contribution in [3.8, 4) is 0 Å². The molecule has 0 spiro atoms. The van der Waals surface area contributed by atoms with Gasteiger partial charge in [0.15, 0.2) is 0 Å². The third kappa shape index (κ3) is 18.5. The van der Waals surface area contributed by atoms with Crippen molar-refractivity contribution in [1.29, 1.82) is 0 Å². The van der Waals surface area contributed by atoms with Crippen molar-refractivity contribution in [2.75, 3.05) is 34.3 Å². The maximum atomic E-state index is 11.8. The Morgan fingerprint density at radius 2 is 1.36 bits per heavy atom. The summed E-state index contributed by atoms with van der Waals surface area (Å²) in [4.78, 5) is 11.8. The maximum Gasteiger partial charge on any atom is 0.330 e. The molecule has 0 aromatic rings. The van der Waals surface area contributed by atoms with Gasteiger partial charge in [0, 0.05) is 6.08 Å². The Morgan fingerprint density at radius 3 is 1.86 bits per heavy atom. The Hall–Kier alpha value is -0.830. The molecule has 0 unspecified atom stereocenters. The Bertz CT molecular complexity index is 434. The molecule has 0 amide bonds. The molecule has 0 aromatic carbocycles. The van der Waals surface area contributed by atoms with Gasteiger partial charge in [-0.2, -0.15) is 0 Å². The fourth-order valence-corrected chi connectivity index (χ4v) is 3.44. The second kappa shape index (κ2) is 15.1. The Kier molecular flexibility index (Phi) is 14.6. The van der Waals surface area contributed by atoms with E-state index in [1.807, 2.05) is 6.92 Å². The number of carbonyl (C=O) groups excluding carboxylic acids is 1. The van der Waals surface area contributed by atoms with Crippen LogP contribution in [0.2, 0.25) is 0 Å². The van der Waals surface area contributed by atoms with Gasteiger partial charge in [-0.15, -0.1) is 0 Å². The maximum absolute atomic E-state index is 11.8. The first kappa shape index (κ1) is 27.2. The lowest BCUT2D eigenvalue weighted by molar-refractivity contribution is -0.870. The van der Waals surface area contributed by atoms with Crippen molar-refractivity contribution >= 4 is 5.97 Å². The van der Waals surface area contributed by atoms with Crippen molar-refractivity contribution in [3.05, 3.63) is 11.6 Å². The number of esters is 1. The number of quaternary nitrogens is 1. The van der Waals surface area contributed by atoms with E-state index in [9.17, 15) is 4.79 Å². The van der Waals surface area contributed by atoms with E-state index in [4.69, 9.17) is 4.74 Å². The second-order valence-electron chi connectivity index (χ2n) is 10.5. The highest BCUT2D eigenvalue weighted by Crippen LogP contribution is 2.22. The molecule has 0 radical (unpaired) electrons. The summed E-state index contributed by atoms with van der Waals surface area (Å²) in [5, 5.41) is 0. The van der Waals surface area contributed by atoms with E-state index in [1.165, 1.54) is 51.4 Å². The zero-order valence-electron chi connectivity index (χ0n) is 20.4. The standard InChI is InChI=1S/C25H50NO2/c1-21(2)12-9-13-22(3)14-10-15-23(4)16-11-17-24(5)20-25(27)28-19-18-26(6,7)8/h20-23H,9-19H2,1-8H3/q+1/b24-20+/t22-,23-/m1/s1. The van der Waals surface area contributed by atoms with Gasteiger partial charge in [-0.1, -0.05) is 78.2 Å². The summed E-state index contributed by atoms with van der Waals surface area (Å²) in [5.41, 5.74) is 1.14. The van der Waals surface area contributed by atoms with Gasteiger partial charge in [-0.3, -0.25) is 0 Å². The van der Waals surface area contributed by atoms with Crippen LogP contribution in [0.25, 0.3) is 0 Å². The molecule has 0 saturated heterocycles. The minimum atomic E-state index is -0.189. The van der Waals surface area contributed by atoms with Gasteiger partial charge < -0.3 is 9.22 Å². The highest BCUT2D eigenvalue weighted by Gasteiger charge is 2.09. The third-order valence-electron chi connectivity index (χ3n) is 5.51. The first-order valence-electron chi connectivity index (χ1n) is 11.6. The highest BCUT2D eigenvalue weighted by atomic mass is 16.5. The molecule has 0 N–H and O–H groups in total. The summed E-state index contributed by atoms with van der Waals surface area (Å²) < 4.78 is 6.11. The molecule has 0 saturated carbocycles. The number of hydrogen-bond acceptors (Lipinski definition) is 2. The fraction of sp³-hybridized carbons (Fsp3) is 0.880. The molecule has 3 nitrogen and oxygen atoms in total. The average Bonchev–Trinajstić information content (AvgIpc) is 2.53. The molecule has 0 aliphatic heterocycles. The Labute approximate surface area is 176 Å². The molecule has 0 fully saturated rings. The SMILES string of the molecule is C/C(=C\C(=O)OCC[N+](C)(C)C)CCC[C@H](C)CCC[C@H](C)CCCC(C)C. The molecule has 0 rings (SSSR count). The molecule has 0 aliphatic rings. The van der Waals surface area contributed by atoms with Crippen LogP contribution in [0.3, 0.4) is 0 Å². The molecular weight excluding hydrogens is 346 g/mol. The van der Waals surface area contributed by atoms with Crippen LogP contribution in [-0.4, -0.2) is 44.7 Å². The highest BCUT2D eigenvalue weighted by molar-refractivity contribution is 5.82. The van der Waals surface area contributed by atoms with E-state index in [1.54, 1.807) is 6.08 Å². The van der Waals surface area contributed by atoms with Crippen LogP contribution >= 0.6 is 0 Å². The Balaban J connectivity index is 3.80. The third-order valence-corrected chi connectivity index (χ3v) is 5.51. The lowest BCUT2D eigenvalue weighted by Crippen LogP contribution is -2.37. The minimum Gasteiger partial charge on any atom is -0.457 e. The molecule has 166 valence electrons. The predicted molar refractivity (Wildman–Crippen MR) is 122 cm³/mol. The monoisotopic (exact) mass is 396 g/mol. The van der Waals surface area contributed by atoms with Crippen LogP contribution < -0.4 is 0 Å². The summed E-state index contributed by atoms with van der Waals surface area (Å²) >= 11 is 0. The number of ether oxygens (including phenoxy) is 1. The number of carbonyl (C=O) groups is 1. The van der Waals surface area contributed by atoms with Crippen LogP contribution in [0.4, 0.5) is 0 Å².